The van der Waals surface area contributed by atoms with Gasteiger partial charge in [-0.2, -0.15) is 0 Å². The standard InChI is InChI=1S/C25H24N2O4S/c1-16(2)15-31-19-7-5-18(6-8-19)23(28)21-22(17-9-11-26-12-10-17)27(25(30)24(21)29)14-20-4-3-13-32-20/h3-13,16,22,28H,14-15H2,1-2H3/b23-21-. The van der Waals surface area contributed by atoms with E-state index in [0.29, 0.717) is 29.4 Å². The second-order valence-electron chi connectivity index (χ2n) is 8.02. The molecule has 3 aromatic rings. The number of aliphatic hydroxyl groups is 1. The zero-order valence-electron chi connectivity index (χ0n) is 17.9. The topological polar surface area (TPSA) is 79.7 Å². The third-order valence-electron chi connectivity index (χ3n) is 5.18. The molecule has 0 saturated carbocycles. The summed E-state index contributed by atoms with van der Waals surface area (Å²) in [4.78, 5) is 32.5. The van der Waals surface area contributed by atoms with Gasteiger partial charge in [-0.15, -0.1) is 11.3 Å². The molecule has 3 heterocycles. The van der Waals surface area contributed by atoms with E-state index in [1.165, 1.54) is 16.2 Å². The number of benzene rings is 1. The predicted molar refractivity (Wildman–Crippen MR) is 123 cm³/mol. The van der Waals surface area contributed by atoms with Gasteiger partial charge in [-0.25, -0.2) is 0 Å². The molecule has 0 spiro atoms. The van der Waals surface area contributed by atoms with Gasteiger partial charge in [0.25, 0.3) is 11.7 Å². The summed E-state index contributed by atoms with van der Waals surface area (Å²) in [5, 5.41) is 13.0. The van der Waals surface area contributed by atoms with Crippen LogP contribution in [0.5, 0.6) is 5.75 Å². The SMILES string of the molecule is CC(C)COc1ccc(/C(O)=C2/C(=O)C(=O)N(Cc3cccs3)C2c2ccncc2)cc1. The molecule has 2 aromatic heterocycles. The number of amides is 1. The number of aliphatic hydroxyl groups excluding tert-OH is 1. The van der Waals surface area contributed by atoms with Crippen molar-refractivity contribution in [3.63, 3.8) is 0 Å². The molecule has 1 amide bonds. The summed E-state index contributed by atoms with van der Waals surface area (Å²) in [5.74, 6) is -0.448. The molecule has 4 rings (SSSR count). The van der Waals surface area contributed by atoms with Crippen molar-refractivity contribution in [2.24, 2.45) is 5.92 Å². The van der Waals surface area contributed by atoms with Crippen molar-refractivity contribution < 1.29 is 19.4 Å². The predicted octanol–water partition coefficient (Wildman–Crippen LogP) is 4.80. The molecule has 1 N–H and O–H groups in total. The van der Waals surface area contributed by atoms with Gasteiger partial charge in [0.05, 0.1) is 24.8 Å². The van der Waals surface area contributed by atoms with E-state index in [4.69, 9.17) is 4.74 Å². The maximum absolute atomic E-state index is 13.0. The Morgan fingerprint density at radius 3 is 2.47 bits per heavy atom. The van der Waals surface area contributed by atoms with Crippen molar-refractivity contribution >= 4 is 28.8 Å². The maximum Gasteiger partial charge on any atom is 0.295 e. The molecule has 32 heavy (non-hydrogen) atoms. The van der Waals surface area contributed by atoms with E-state index in [1.807, 2.05) is 17.5 Å². The van der Waals surface area contributed by atoms with Gasteiger partial charge in [0, 0.05) is 22.8 Å². The lowest BCUT2D eigenvalue weighted by Gasteiger charge is -2.24. The fourth-order valence-electron chi connectivity index (χ4n) is 3.63. The number of likely N-dealkylation sites (tertiary alicyclic amines) is 1. The van der Waals surface area contributed by atoms with Crippen LogP contribution in [0, 0.1) is 5.92 Å². The Kier molecular flexibility index (Phi) is 6.37. The van der Waals surface area contributed by atoms with Crippen LogP contribution in [-0.4, -0.2) is 33.3 Å². The lowest BCUT2D eigenvalue weighted by Crippen LogP contribution is -2.28. The molecule has 7 heteroatoms. The highest BCUT2D eigenvalue weighted by Gasteiger charge is 2.46. The van der Waals surface area contributed by atoms with Crippen LogP contribution in [0.25, 0.3) is 5.76 Å². The van der Waals surface area contributed by atoms with Crippen LogP contribution in [0.2, 0.25) is 0 Å². The lowest BCUT2D eigenvalue weighted by molar-refractivity contribution is -0.140. The third kappa shape index (κ3) is 4.43. The minimum atomic E-state index is -0.697. The van der Waals surface area contributed by atoms with Gasteiger partial charge in [-0.1, -0.05) is 19.9 Å². The van der Waals surface area contributed by atoms with Crippen LogP contribution in [0.4, 0.5) is 0 Å². The van der Waals surface area contributed by atoms with Crippen molar-refractivity contribution in [1.82, 2.24) is 9.88 Å². The van der Waals surface area contributed by atoms with E-state index in [9.17, 15) is 14.7 Å². The number of ketones is 1. The summed E-state index contributed by atoms with van der Waals surface area (Å²) in [6, 6.07) is 13.5. The minimum absolute atomic E-state index is 0.0774. The Labute approximate surface area is 190 Å². The number of carbonyl (C=O) groups excluding carboxylic acids is 2. The summed E-state index contributed by atoms with van der Waals surface area (Å²) < 4.78 is 5.70. The number of Topliss-reactive ketones (excluding diaryl/α,β-unsaturated/α-hetero) is 1. The van der Waals surface area contributed by atoms with Crippen LogP contribution < -0.4 is 4.74 Å². The van der Waals surface area contributed by atoms with E-state index in [2.05, 4.69) is 18.8 Å². The highest BCUT2D eigenvalue weighted by molar-refractivity contribution is 7.09. The van der Waals surface area contributed by atoms with Crippen molar-refractivity contribution in [3.8, 4) is 5.75 Å². The van der Waals surface area contributed by atoms with Crippen LogP contribution >= 0.6 is 11.3 Å². The first-order valence-electron chi connectivity index (χ1n) is 10.4. The fourth-order valence-corrected chi connectivity index (χ4v) is 4.34. The van der Waals surface area contributed by atoms with Gasteiger partial charge in [-0.05, 0) is 59.3 Å². The number of nitrogens with zero attached hydrogens (tertiary/aromatic N) is 2. The molecule has 0 bridgehead atoms. The molecule has 1 saturated heterocycles. The Hall–Kier alpha value is -3.45. The summed E-state index contributed by atoms with van der Waals surface area (Å²) in [6.07, 6.45) is 3.23. The average Bonchev–Trinajstić information content (AvgIpc) is 3.40. The molecule has 0 aliphatic carbocycles. The second-order valence-corrected chi connectivity index (χ2v) is 9.05. The van der Waals surface area contributed by atoms with Crippen molar-refractivity contribution in [2.75, 3.05) is 6.61 Å². The van der Waals surface area contributed by atoms with Gasteiger partial charge in [-0.3, -0.25) is 14.6 Å². The second kappa shape index (κ2) is 9.36. The van der Waals surface area contributed by atoms with Gasteiger partial charge >= 0.3 is 0 Å². The maximum atomic E-state index is 13.0. The largest absolute Gasteiger partial charge is 0.507 e. The van der Waals surface area contributed by atoms with Crippen molar-refractivity contribution in [2.45, 2.75) is 26.4 Å². The molecular weight excluding hydrogens is 424 g/mol. The first kappa shape index (κ1) is 21.8. The number of ether oxygens (including phenoxy) is 1. The zero-order chi connectivity index (χ0) is 22.7. The number of hydrogen-bond donors (Lipinski definition) is 1. The van der Waals surface area contributed by atoms with Crippen LogP contribution in [0.1, 0.15) is 35.9 Å². The Morgan fingerprint density at radius 2 is 1.84 bits per heavy atom. The van der Waals surface area contributed by atoms with Crippen LogP contribution in [0.3, 0.4) is 0 Å². The summed E-state index contributed by atoms with van der Waals surface area (Å²) in [5.41, 5.74) is 1.25. The number of carbonyl (C=O) groups is 2. The number of thiophene rings is 1. The van der Waals surface area contributed by atoms with Crippen molar-refractivity contribution in [3.05, 3.63) is 87.9 Å². The number of pyridine rings is 1. The van der Waals surface area contributed by atoms with Gasteiger partial charge in [0.2, 0.25) is 0 Å². The first-order chi connectivity index (χ1) is 15.5. The van der Waals surface area contributed by atoms with E-state index in [0.717, 1.165) is 4.88 Å². The number of hydrogen-bond acceptors (Lipinski definition) is 6. The van der Waals surface area contributed by atoms with Gasteiger partial charge in [0.1, 0.15) is 11.5 Å². The Bertz CT molecular complexity index is 1120. The normalized spacial score (nSPS) is 17.8. The molecule has 0 radical (unpaired) electrons. The van der Waals surface area contributed by atoms with Crippen LogP contribution in [0.15, 0.2) is 71.9 Å². The van der Waals surface area contributed by atoms with Crippen molar-refractivity contribution in [1.29, 1.82) is 0 Å². The van der Waals surface area contributed by atoms with Gasteiger partial charge in [0.15, 0.2) is 0 Å². The molecule has 1 aliphatic rings. The first-order valence-corrected chi connectivity index (χ1v) is 11.3. The fraction of sp³-hybridized carbons (Fsp3) is 0.240. The highest BCUT2D eigenvalue weighted by Crippen LogP contribution is 2.40. The average molecular weight is 449 g/mol. The molecule has 6 nitrogen and oxygen atoms in total. The molecule has 1 atom stereocenters. The molecule has 164 valence electrons. The number of rotatable bonds is 7. The molecule has 1 aromatic carbocycles. The molecule has 1 fully saturated rings. The third-order valence-corrected chi connectivity index (χ3v) is 6.04. The lowest BCUT2D eigenvalue weighted by atomic mass is 9.96. The van der Waals surface area contributed by atoms with E-state index in [-0.39, 0.29) is 17.9 Å². The highest BCUT2D eigenvalue weighted by atomic mass is 32.1. The van der Waals surface area contributed by atoms with Gasteiger partial charge < -0.3 is 14.7 Å². The molecule has 1 unspecified atom stereocenters. The molecule has 1 aliphatic heterocycles. The van der Waals surface area contributed by atoms with E-state index < -0.39 is 17.7 Å². The molecular formula is C25H24N2O4S. The smallest absolute Gasteiger partial charge is 0.295 e. The number of aromatic nitrogens is 1. The monoisotopic (exact) mass is 448 g/mol. The van der Waals surface area contributed by atoms with E-state index >= 15 is 0 Å². The summed E-state index contributed by atoms with van der Waals surface area (Å²) >= 11 is 1.51. The Morgan fingerprint density at radius 1 is 1.12 bits per heavy atom. The zero-order valence-corrected chi connectivity index (χ0v) is 18.7. The minimum Gasteiger partial charge on any atom is -0.507 e. The summed E-state index contributed by atoms with van der Waals surface area (Å²) in [6.45, 7) is 5.00. The van der Waals surface area contributed by atoms with Crippen LogP contribution in [-0.2, 0) is 16.1 Å². The quantitative estimate of drug-likeness (QED) is 0.319. The Balaban J connectivity index is 1.73. The summed E-state index contributed by atoms with van der Waals surface area (Å²) in [7, 11) is 0. The van der Waals surface area contributed by atoms with E-state index in [1.54, 1.807) is 48.8 Å².